The van der Waals surface area contributed by atoms with E-state index in [1.165, 1.54) is 11.8 Å². The zero-order chi connectivity index (χ0) is 15.6. The number of nitrogens with zero attached hydrogens (tertiary/aromatic N) is 1. The minimum atomic E-state index is -0.713. The van der Waals surface area contributed by atoms with E-state index in [4.69, 9.17) is 16.7 Å². The van der Waals surface area contributed by atoms with Gasteiger partial charge in [0.05, 0.1) is 11.6 Å². The van der Waals surface area contributed by atoms with Gasteiger partial charge in [-0.1, -0.05) is 29.8 Å². The molecular formula is C15H16ClNO4. The molecule has 112 valence electrons. The third-order valence-corrected chi connectivity index (χ3v) is 3.78. The van der Waals surface area contributed by atoms with E-state index in [0.29, 0.717) is 17.0 Å². The van der Waals surface area contributed by atoms with Gasteiger partial charge in [-0.15, -0.1) is 0 Å². The molecule has 21 heavy (non-hydrogen) atoms. The molecule has 1 aliphatic heterocycles. The number of halogens is 1. The fourth-order valence-electron chi connectivity index (χ4n) is 2.51. The molecule has 1 aliphatic rings. The highest BCUT2D eigenvalue weighted by molar-refractivity contribution is 6.31. The molecule has 2 N–H and O–H groups in total. The van der Waals surface area contributed by atoms with Gasteiger partial charge in [0.1, 0.15) is 0 Å². The molecule has 0 unspecified atom stereocenters. The summed E-state index contributed by atoms with van der Waals surface area (Å²) in [6.45, 7) is 1.44. The summed E-state index contributed by atoms with van der Waals surface area (Å²) in [5.74, 6) is -1.53. The maximum Gasteiger partial charge on any atom is 0.290 e. The normalized spacial score (nSPS) is 18.5. The molecule has 1 heterocycles. The first kappa shape index (κ1) is 15.5. The van der Waals surface area contributed by atoms with Crippen LogP contribution in [0.5, 0.6) is 0 Å². The van der Waals surface area contributed by atoms with Crippen molar-refractivity contribution >= 4 is 23.3 Å². The molecule has 6 heteroatoms. The highest BCUT2D eigenvalue weighted by atomic mass is 35.5. The van der Waals surface area contributed by atoms with Crippen molar-refractivity contribution in [1.82, 2.24) is 4.90 Å². The lowest BCUT2D eigenvalue weighted by molar-refractivity contribution is -0.129. The van der Waals surface area contributed by atoms with Crippen LogP contribution < -0.4 is 0 Å². The fourth-order valence-corrected chi connectivity index (χ4v) is 2.74. The van der Waals surface area contributed by atoms with Gasteiger partial charge in [-0.25, -0.2) is 0 Å². The van der Waals surface area contributed by atoms with Crippen LogP contribution in [0.4, 0.5) is 0 Å². The van der Waals surface area contributed by atoms with Crippen LogP contribution in [0, 0.1) is 0 Å². The Morgan fingerprint density at radius 2 is 2.05 bits per heavy atom. The van der Waals surface area contributed by atoms with Crippen molar-refractivity contribution in [3.05, 3.63) is 46.2 Å². The summed E-state index contributed by atoms with van der Waals surface area (Å²) in [5.41, 5.74) is 0.630. The highest BCUT2D eigenvalue weighted by Gasteiger charge is 2.42. The number of carbonyl (C=O) groups is 2. The smallest absolute Gasteiger partial charge is 0.290 e. The van der Waals surface area contributed by atoms with Crippen molar-refractivity contribution in [2.75, 3.05) is 13.2 Å². The summed E-state index contributed by atoms with van der Waals surface area (Å²) >= 11 is 6.17. The number of aliphatic hydroxyl groups is 2. The van der Waals surface area contributed by atoms with Crippen LogP contribution in [0.15, 0.2) is 35.6 Å². The molecule has 1 amide bonds. The second-order valence-electron chi connectivity index (χ2n) is 4.82. The molecule has 2 rings (SSSR count). The molecule has 0 aromatic heterocycles. The maximum absolute atomic E-state index is 12.2. The zero-order valence-electron chi connectivity index (χ0n) is 11.5. The van der Waals surface area contributed by atoms with E-state index in [9.17, 15) is 14.7 Å². The molecule has 0 spiro atoms. The van der Waals surface area contributed by atoms with Gasteiger partial charge in [-0.3, -0.25) is 9.59 Å². The van der Waals surface area contributed by atoms with Crippen LogP contribution in [0.3, 0.4) is 0 Å². The number of ketones is 1. The first-order valence-corrected chi connectivity index (χ1v) is 6.97. The third-order valence-electron chi connectivity index (χ3n) is 3.44. The first-order chi connectivity index (χ1) is 9.99. The number of benzene rings is 1. The molecule has 0 aliphatic carbocycles. The maximum atomic E-state index is 12.2. The number of amides is 1. The molecule has 5 nitrogen and oxygen atoms in total. The SMILES string of the molecule is CC(=O)C1=C(O)C(=O)N(CCCO)[C@@H]1c1ccccc1Cl. The summed E-state index contributed by atoms with van der Waals surface area (Å²) in [6.07, 6.45) is 0.352. The van der Waals surface area contributed by atoms with Crippen molar-refractivity contribution in [3.8, 4) is 0 Å². The van der Waals surface area contributed by atoms with E-state index in [1.54, 1.807) is 24.3 Å². The lowest BCUT2D eigenvalue weighted by Gasteiger charge is -2.27. The first-order valence-electron chi connectivity index (χ1n) is 6.59. The van der Waals surface area contributed by atoms with Crippen LogP contribution in [-0.2, 0) is 9.59 Å². The molecule has 0 fully saturated rings. The number of hydrogen-bond donors (Lipinski definition) is 2. The fraction of sp³-hybridized carbons (Fsp3) is 0.333. The van der Waals surface area contributed by atoms with E-state index in [1.807, 2.05) is 0 Å². The molecule has 1 aromatic rings. The van der Waals surface area contributed by atoms with Gasteiger partial charge in [0.2, 0.25) is 0 Å². The van der Waals surface area contributed by atoms with E-state index in [0.717, 1.165) is 0 Å². The van der Waals surface area contributed by atoms with Crippen LogP contribution in [0.1, 0.15) is 24.9 Å². The zero-order valence-corrected chi connectivity index (χ0v) is 12.3. The summed E-state index contributed by atoms with van der Waals surface area (Å²) in [7, 11) is 0. The van der Waals surface area contributed by atoms with Crippen molar-refractivity contribution < 1.29 is 19.8 Å². The van der Waals surface area contributed by atoms with E-state index < -0.39 is 17.7 Å². The Morgan fingerprint density at radius 3 is 2.62 bits per heavy atom. The number of aliphatic hydroxyl groups excluding tert-OH is 2. The van der Waals surface area contributed by atoms with Crippen LogP contribution in [0.25, 0.3) is 0 Å². The number of Topliss-reactive ketones (excluding diaryl/α,β-unsaturated/α-hetero) is 1. The lowest BCUT2D eigenvalue weighted by Crippen LogP contribution is -2.32. The standard InChI is InChI=1S/C15H16ClNO4/c1-9(19)12-13(10-5-2-3-6-11(10)16)17(7-4-8-18)15(21)14(12)20/h2-3,5-6,13,18,20H,4,7-8H2,1H3/t13-/m1/s1. The Labute approximate surface area is 127 Å². The Hall–Kier alpha value is -1.85. The van der Waals surface area contributed by atoms with Crippen molar-refractivity contribution in [1.29, 1.82) is 0 Å². The monoisotopic (exact) mass is 309 g/mol. The second kappa shape index (κ2) is 6.28. The highest BCUT2D eigenvalue weighted by Crippen LogP contribution is 2.40. The van der Waals surface area contributed by atoms with Crippen LogP contribution in [-0.4, -0.2) is 40.0 Å². The lowest BCUT2D eigenvalue weighted by atomic mass is 9.96. The number of carbonyl (C=O) groups excluding carboxylic acids is 2. The molecular weight excluding hydrogens is 294 g/mol. The van der Waals surface area contributed by atoms with Gasteiger partial charge >= 0.3 is 0 Å². The molecule has 0 saturated heterocycles. The summed E-state index contributed by atoms with van der Waals surface area (Å²) in [5, 5.41) is 19.4. The minimum absolute atomic E-state index is 0.0473. The molecule has 1 aromatic carbocycles. The molecule has 0 saturated carbocycles. The number of hydrogen-bond acceptors (Lipinski definition) is 4. The van der Waals surface area contributed by atoms with E-state index >= 15 is 0 Å². The molecule has 0 bridgehead atoms. The van der Waals surface area contributed by atoms with Gasteiger partial charge in [0, 0.05) is 18.2 Å². The Balaban J connectivity index is 2.52. The van der Waals surface area contributed by atoms with Gasteiger partial charge in [-0.05, 0) is 25.0 Å². The average Bonchev–Trinajstić information content (AvgIpc) is 2.69. The Morgan fingerprint density at radius 1 is 1.38 bits per heavy atom. The molecule has 0 radical (unpaired) electrons. The van der Waals surface area contributed by atoms with Crippen molar-refractivity contribution in [2.24, 2.45) is 0 Å². The summed E-state index contributed by atoms with van der Waals surface area (Å²) < 4.78 is 0. The van der Waals surface area contributed by atoms with Crippen molar-refractivity contribution in [3.63, 3.8) is 0 Å². The van der Waals surface area contributed by atoms with Gasteiger partial charge in [-0.2, -0.15) is 0 Å². The largest absolute Gasteiger partial charge is 0.503 e. The summed E-state index contributed by atoms with van der Waals surface area (Å²) in [6, 6.07) is 6.17. The quantitative estimate of drug-likeness (QED) is 0.872. The van der Waals surface area contributed by atoms with Crippen LogP contribution in [0.2, 0.25) is 5.02 Å². The predicted octanol–water partition coefficient (Wildman–Crippen LogP) is 2.01. The second-order valence-corrected chi connectivity index (χ2v) is 5.23. The summed E-state index contributed by atoms with van der Waals surface area (Å²) in [4.78, 5) is 25.4. The van der Waals surface area contributed by atoms with Gasteiger partial charge < -0.3 is 15.1 Å². The number of rotatable bonds is 5. The molecule has 1 atom stereocenters. The van der Waals surface area contributed by atoms with Gasteiger partial charge in [0.25, 0.3) is 5.91 Å². The topological polar surface area (TPSA) is 77.8 Å². The average molecular weight is 310 g/mol. The third kappa shape index (κ3) is 2.80. The Bertz CT molecular complexity index is 611. The van der Waals surface area contributed by atoms with Crippen LogP contribution >= 0.6 is 11.6 Å². The Kier molecular flexibility index (Phi) is 4.65. The van der Waals surface area contributed by atoms with Gasteiger partial charge in [0.15, 0.2) is 11.5 Å². The van der Waals surface area contributed by atoms with E-state index in [-0.39, 0.29) is 24.5 Å². The van der Waals surface area contributed by atoms with Crippen molar-refractivity contribution in [2.45, 2.75) is 19.4 Å². The van der Waals surface area contributed by atoms with E-state index in [2.05, 4.69) is 0 Å². The predicted molar refractivity (Wildman–Crippen MR) is 77.9 cm³/mol. The minimum Gasteiger partial charge on any atom is -0.503 e.